The molecule has 0 amide bonds. The lowest BCUT2D eigenvalue weighted by molar-refractivity contribution is 0.158. The zero-order valence-corrected chi connectivity index (χ0v) is 15.9. The lowest BCUT2D eigenvalue weighted by atomic mass is 9.83. The fourth-order valence-corrected chi connectivity index (χ4v) is 4.69. The van der Waals surface area contributed by atoms with Crippen LogP contribution in [0.3, 0.4) is 0 Å². The van der Waals surface area contributed by atoms with Crippen LogP contribution < -0.4 is 4.90 Å². The summed E-state index contributed by atoms with van der Waals surface area (Å²) < 4.78 is 0. The van der Waals surface area contributed by atoms with Crippen LogP contribution in [0.4, 0.5) is 5.82 Å². The molecule has 5 nitrogen and oxygen atoms in total. The Hall–Kier alpha value is -2.14. The minimum absolute atomic E-state index is 0.275. The van der Waals surface area contributed by atoms with Gasteiger partial charge in [0.2, 0.25) is 0 Å². The molecule has 5 heteroatoms. The van der Waals surface area contributed by atoms with Gasteiger partial charge in [-0.2, -0.15) is 0 Å². The third-order valence-corrected chi connectivity index (χ3v) is 5.96. The van der Waals surface area contributed by atoms with E-state index in [2.05, 4.69) is 39.2 Å². The first-order chi connectivity index (χ1) is 12.5. The van der Waals surface area contributed by atoms with Crippen molar-refractivity contribution in [3.8, 4) is 17.0 Å². The summed E-state index contributed by atoms with van der Waals surface area (Å²) in [6.45, 7) is 7.35. The maximum atomic E-state index is 10.3. The van der Waals surface area contributed by atoms with Gasteiger partial charge < -0.3 is 14.9 Å². The third kappa shape index (κ3) is 3.16. The molecule has 0 aliphatic carbocycles. The molecule has 0 spiro atoms. The molecule has 2 aliphatic rings. The predicted octanol–water partition coefficient (Wildman–Crippen LogP) is 3.39. The fourth-order valence-electron chi connectivity index (χ4n) is 4.69. The van der Waals surface area contributed by atoms with E-state index >= 15 is 0 Å². The maximum Gasteiger partial charge on any atom is 0.151 e. The second-order valence-electron chi connectivity index (χ2n) is 7.97. The Bertz CT molecular complexity index is 766. The summed E-state index contributed by atoms with van der Waals surface area (Å²) in [4.78, 5) is 4.87. The monoisotopic (exact) mass is 352 g/mol. The normalized spacial score (nSPS) is 23.7. The lowest BCUT2D eigenvalue weighted by Crippen LogP contribution is -2.55. The second kappa shape index (κ2) is 6.88. The summed E-state index contributed by atoms with van der Waals surface area (Å²) in [6.07, 6.45) is 3.84. The van der Waals surface area contributed by atoms with Crippen molar-refractivity contribution >= 4 is 5.82 Å². The number of hydrogen-bond donors (Lipinski definition) is 1. The van der Waals surface area contributed by atoms with Crippen LogP contribution in [0.15, 0.2) is 24.3 Å². The number of likely N-dealkylation sites (tertiary alicyclic amines) is 1. The molecule has 1 N–H and O–H groups in total. The highest BCUT2D eigenvalue weighted by Crippen LogP contribution is 2.35. The summed E-state index contributed by atoms with van der Waals surface area (Å²) >= 11 is 0. The first-order valence-electron chi connectivity index (χ1n) is 9.62. The summed E-state index contributed by atoms with van der Waals surface area (Å²) in [6, 6.07) is 8.45. The largest absolute Gasteiger partial charge is 0.507 e. The van der Waals surface area contributed by atoms with E-state index in [1.165, 1.54) is 25.8 Å². The van der Waals surface area contributed by atoms with Crippen LogP contribution >= 0.6 is 0 Å². The van der Waals surface area contributed by atoms with Gasteiger partial charge in [-0.1, -0.05) is 6.07 Å². The van der Waals surface area contributed by atoms with Crippen molar-refractivity contribution in [2.75, 3.05) is 31.6 Å². The predicted molar refractivity (Wildman–Crippen MR) is 105 cm³/mol. The van der Waals surface area contributed by atoms with E-state index in [0.717, 1.165) is 47.2 Å². The smallest absolute Gasteiger partial charge is 0.151 e. The first-order valence-corrected chi connectivity index (χ1v) is 9.62. The molecule has 138 valence electrons. The van der Waals surface area contributed by atoms with Crippen LogP contribution in [-0.4, -0.2) is 52.9 Å². The quantitative estimate of drug-likeness (QED) is 0.898. The minimum Gasteiger partial charge on any atom is -0.507 e. The van der Waals surface area contributed by atoms with Crippen LogP contribution in [0, 0.1) is 19.8 Å². The molecule has 0 saturated carbocycles. The summed E-state index contributed by atoms with van der Waals surface area (Å²) in [7, 11) is 2.21. The second-order valence-corrected chi connectivity index (χ2v) is 7.97. The Morgan fingerprint density at radius 3 is 2.65 bits per heavy atom. The molecular formula is C21H28N4O. The molecule has 3 heterocycles. The van der Waals surface area contributed by atoms with Crippen molar-refractivity contribution in [1.82, 2.24) is 15.1 Å². The molecular weight excluding hydrogens is 324 g/mol. The number of aromatic hydroxyl groups is 1. The van der Waals surface area contributed by atoms with Crippen molar-refractivity contribution in [2.45, 2.75) is 39.2 Å². The number of anilines is 1. The van der Waals surface area contributed by atoms with Crippen LogP contribution in [0.2, 0.25) is 0 Å². The molecule has 4 rings (SSSR count). The topological polar surface area (TPSA) is 52.5 Å². The maximum absolute atomic E-state index is 10.3. The molecule has 2 saturated heterocycles. The number of piperidine rings is 2. The average molecular weight is 352 g/mol. The number of rotatable bonds is 2. The number of phenolic OH excluding ortho intramolecular Hbond substituents is 1. The number of nitrogens with zero attached hydrogens (tertiary/aromatic N) is 4. The van der Waals surface area contributed by atoms with E-state index < -0.39 is 0 Å². The number of fused-ring (bicyclic) bond motifs is 1. The molecule has 1 aromatic carbocycles. The number of hydrogen-bond acceptors (Lipinski definition) is 5. The van der Waals surface area contributed by atoms with Crippen molar-refractivity contribution < 1.29 is 5.11 Å². The van der Waals surface area contributed by atoms with Gasteiger partial charge >= 0.3 is 0 Å². The third-order valence-electron chi connectivity index (χ3n) is 5.96. The van der Waals surface area contributed by atoms with Gasteiger partial charge in [-0.3, -0.25) is 0 Å². The number of aromatic nitrogens is 2. The Balaban J connectivity index is 1.62. The van der Waals surface area contributed by atoms with Crippen molar-refractivity contribution in [2.24, 2.45) is 5.92 Å². The van der Waals surface area contributed by atoms with Crippen molar-refractivity contribution in [3.05, 3.63) is 35.4 Å². The Morgan fingerprint density at radius 1 is 1.08 bits per heavy atom. The van der Waals surface area contributed by atoms with Gasteiger partial charge in [0.1, 0.15) is 5.75 Å². The number of aryl methyl sites for hydroxylation is 2. The molecule has 2 aromatic rings. The average Bonchev–Trinajstić information content (AvgIpc) is 2.61. The molecule has 1 aromatic heterocycles. The standard InChI is InChI=1S/C21H28N4O/c1-14-11-15(2)21(19(26)12-14)17-6-7-20(23-22-17)25-9-4-5-16-8-10-24(3)13-18(16)25/h6-7,11-12,16,18,26H,4-5,8-10,13H2,1-3H3/t16-,18+/m0/s1. The van der Waals surface area contributed by atoms with E-state index in [1.807, 2.05) is 19.9 Å². The van der Waals surface area contributed by atoms with Gasteiger partial charge in [-0.25, -0.2) is 0 Å². The van der Waals surface area contributed by atoms with Crippen LogP contribution in [0.5, 0.6) is 5.75 Å². The van der Waals surface area contributed by atoms with Gasteiger partial charge in [-0.15, -0.1) is 10.2 Å². The molecule has 0 bridgehead atoms. The van der Waals surface area contributed by atoms with Crippen LogP contribution in [-0.2, 0) is 0 Å². The summed E-state index contributed by atoms with van der Waals surface area (Å²) in [5.41, 5.74) is 3.59. The Labute approximate surface area is 155 Å². The zero-order chi connectivity index (χ0) is 18.3. The molecule has 26 heavy (non-hydrogen) atoms. The van der Waals surface area contributed by atoms with Crippen LogP contribution in [0.25, 0.3) is 11.3 Å². The molecule has 0 radical (unpaired) electrons. The zero-order valence-electron chi connectivity index (χ0n) is 15.9. The van der Waals surface area contributed by atoms with Gasteiger partial charge in [0, 0.05) is 24.7 Å². The highest BCUT2D eigenvalue weighted by Gasteiger charge is 2.35. The van der Waals surface area contributed by atoms with E-state index in [0.29, 0.717) is 6.04 Å². The van der Waals surface area contributed by atoms with E-state index in [-0.39, 0.29) is 5.75 Å². The molecule has 0 unspecified atom stereocenters. The highest BCUT2D eigenvalue weighted by atomic mass is 16.3. The van der Waals surface area contributed by atoms with E-state index in [4.69, 9.17) is 0 Å². The van der Waals surface area contributed by atoms with Gasteiger partial charge in [0.15, 0.2) is 5.82 Å². The first kappa shape index (κ1) is 17.3. The highest BCUT2D eigenvalue weighted by molar-refractivity contribution is 5.71. The van der Waals surface area contributed by atoms with Gasteiger partial charge in [-0.05, 0) is 81.9 Å². The molecule has 2 fully saturated rings. The number of likely N-dealkylation sites (N-methyl/N-ethyl adjacent to an activating group) is 1. The summed E-state index contributed by atoms with van der Waals surface area (Å²) in [5, 5.41) is 19.4. The van der Waals surface area contributed by atoms with Gasteiger partial charge in [0.25, 0.3) is 0 Å². The SMILES string of the molecule is Cc1cc(C)c(-c2ccc(N3CCC[C@H]4CCN(C)C[C@H]43)nn2)c(O)c1. The van der Waals surface area contributed by atoms with Crippen molar-refractivity contribution in [1.29, 1.82) is 0 Å². The number of phenols is 1. The minimum atomic E-state index is 0.275. The molecule has 2 atom stereocenters. The van der Waals surface area contributed by atoms with E-state index in [9.17, 15) is 5.11 Å². The summed E-state index contributed by atoms with van der Waals surface area (Å²) in [5.74, 6) is 2.00. The number of benzene rings is 1. The molecule has 2 aliphatic heterocycles. The van der Waals surface area contributed by atoms with Crippen molar-refractivity contribution in [3.63, 3.8) is 0 Å². The van der Waals surface area contributed by atoms with E-state index in [1.54, 1.807) is 6.07 Å². The lowest BCUT2D eigenvalue weighted by Gasteiger charge is -2.47. The Morgan fingerprint density at radius 2 is 1.92 bits per heavy atom. The van der Waals surface area contributed by atoms with Gasteiger partial charge in [0.05, 0.1) is 5.69 Å². The Kier molecular flexibility index (Phi) is 4.57. The van der Waals surface area contributed by atoms with Crippen LogP contribution in [0.1, 0.15) is 30.4 Å². The fraction of sp³-hybridized carbons (Fsp3) is 0.524.